The van der Waals surface area contributed by atoms with Gasteiger partial charge in [-0.2, -0.15) is 10.4 Å². The zero-order chi connectivity index (χ0) is 15.6. The molecule has 1 heterocycles. The molecule has 1 aliphatic rings. The van der Waals surface area contributed by atoms with Crippen molar-refractivity contribution in [2.45, 2.75) is 36.6 Å². The molecule has 0 atom stereocenters. The van der Waals surface area contributed by atoms with Gasteiger partial charge in [0.1, 0.15) is 5.82 Å². The Morgan fingerprint density at radius 3 is 2.77 bits per heavy atom. The van der Waals surface area contributed by atoms with E-state index >= 15 is 0 Å². The first kappa shape index (κ1) is 14.6. The maximum absolute atomic E-state index is 12.5. The number of anilines is 1. The minimum atomic E-state index is -3.73. The van der Waals surface area contributed by atoms with Gasteiger partial charge in [-0.3, -0.25) is 4.72 Å². The molecule has 0 unspecified atom stereocenters. The zero-order valence-electron chi connectivity index (χ0n) is 11.9. The molecule has 6 nitrogen and oxygen atoms in total. The van der Waals surface area contributed by atoms with E-state index in [4.69, 9.17) is 5.26 Å². The van der Waals surface area contributed by atoms with Gasteiger partial charge in [0.2, 0.25) is 0 Å². The highest BCUT2D eigenvalue weighted by atomic mass is 32.2. The molecule has 0 amide bonds. The summed E-state index contributed by atoms with van der Waals surface area (Å²) in [6.45, 7) is 0. The normalized spacial score (nSPS) is 15.6. The Morgan fingerprint density at radius 2 is 2.05 bits per heavy atom. The van der Waals surface area contributed by atoms with Crippen LogP contribution in [-0.4, -0.2) is 18.2 Å². The van der Waals surface area contributed by atoms with E-state index in [1.807, 2.05) is 6.07 Å². The summed E-state index contributed by atoms with van der Waals surface area (Å²) in [5.74, 6) is 0.467. The highest BCUT2D eigenvalue weighted by molar-refractivity contribution is 7.92. The van der Waals surface area contributed by atoms with E-state index in [0.717, 1.165) is 25.7 Å². The van der Waals surface area contributed by atoms with E-state index < -0.39 is 10.0 Å². The highest BCUT2D eigenvalue weighted by Crippen LogP contribution is 2.31. The van der Waals surface area contributed by atoms with Crippen molar-refractivity contribution in [2.24, 2.45) is 0 Å². The first-order chi connectivity index (χ1) is 10.6. The summed E-state index contributed by atoms with van der Waals surface area (Å²) in [5, 5.41) is 13.1. The van der Waals surface area contributed by atoms with Crippen LogP contribution in [0.25, 0.3) is 0 Å². The fourth-order valence-corrected chi connectivity index (χ4v) is 3.86. The number of benzene rings is 1. The molecular formula is C15H16N4O2S. The van der Waals surface area contributed by atoms with Crippen LogP contribution in [0, 0.1) is 11.3 Å². The van der Waals surface area contributed by atoms with Gasteiger partial charge in [-0.1, -0.05) is 18.9 Å². The number of nitrogens with zero attached hydrogens (tertiary/aromatic N) is 3. The number of nitriles is 1. The fourth-order valence-electron chi connectivity index (χ4n) is 2.76. The molecule has 1 N–H and O–H groups in total. The molecule has 0 aliphatic heterocycles. The summed E-state index contributed by atoms with van der Waals surface area (Å²) in [6.07, 6.45) is 5.91. The predicted octanol–water partition coefficient (Wildman–Crippen LogP) is 2.67. The third-order valence-electron chi connectivity index (χ3n) is 3.85. The second kappa shape index (κ2) is 5.81. The Labute approximate surface area is 129 Å². The zero-order valence-corrected chi connectivity index (χ0v) is 12.8. The lowest BCUT2D eigenvalue weighted by Gasteiger charge is -2.15. The van der Waals surface area contributed by atoms with Crippen molar-refractivity contribution in [3.8, 4) is 6.07 Å². The van der Waals surface area contributed by atoms with Gasteiger partial charge in [0.05, 0.1) is 28.8 Å². The molecule has 7 heteroatoms. The van der Waals surface area contributed by atoms with Crippen LogP contribution in [0.1, 0.15) is 37.3 Å². The summed E-state index contributed by atoms with van der Waals surface area (Å²) in [4.78, 5) is 0.0747. The monoisotopic (exact) mass is 316 g/mol. The third-order valence-corrected chi connectivity index (χ3v) is 5.21. The van der Waals surface area contributed by atoms with Crippen molar-refractivity contribution in [2.75, 3.05) is 4.72 Å². The Hall–Kier alpha value is -2.33. The summed E-state index contributed by atoms with van der Waals surface area (Å²) < 4.78 is 29.3. The number of nitrogens with one attached hydrogen (secondary N) is 1. The summed E-state index contributed by atoms with van der Waals surface area (Å²) in [6, 6.07) is 9.81. The molecule has 0 bridgehead atoms. The van der Waals surface area contributed by atoms with Crippen molar-refractivity contribution in [1.82, 2.24) is 9.78 Å². The average molecular weight is 316 g/mol. The largest absolute Gasteiger partial charge is 0.264 e. The van der Waals surface area contributed by atoms with Crippen LogP contribution < -0.4 is 4.72 Å². The van der Waals surface area contributed by atoms with E-state index in [-0.39, 0.29) is 10.9 Å². The molecule has 1 fully saturated rings. The number of hydrogen-bond donors (Lipinski definition) is 1. The van der Waals surface area contributed by atoms with E-state index in [9.17, 15) is 8.42 Å². The van der Waals surface area contributed by atoms with Gasteiger partial charge in [-0.05, 0) is 31.0 Å². The Balaban J connectivity index is 1.89. The standard InChI is InChI=1S/C15H16N4O2S/c16-11-12-4-3-7-14(10-12)22(20,21)18-15-8-9-17-19(15)13-5-1-2-6-13/h3-4,7-10,13,18H,1-2,5-6H2. The lowest BCUT2D eigenvalue weighted by atomic mass is 10.2. The third kappa shape index (κ3) is 2.83. The molecule has 22 heavy (non-hydrogen) atoms. The van der Waals surface area contributed by atoms with Gasteiger partial charge in [-0.25, -0.2) is 13.1 Å². The van der Waals surface area contributed by atoms with Crippen molar-refractivity contribution < 1.29 is 8.42 Å². The Bertz CT molecular complexity index is 814. The maximum atomic E-state index is 12.5. The van der Waals surface area contributed by atoms with Gasteiger partial charge < -0.3 is 0 Å². The number of aromatic nitrogens is 2. The van der Waals surface area contributed by atoms with Crippen LogP contribution in [0.4, 0.5) is 5.82 Å². The molecule has 2 aromatic rings. The smallest absolute Gasteiger partial charge is 0.263 e. The predicted molar refractivity (Wildman–Crippen MR) is 81.7 cm³/mol. The van der Waals surface area contributed by atoms with Crippen LogP contribution in [0.15, 0.2) is 41.4 Å². The molecule has 114 valence electrons. The first-order valence-corrected chi connectivity index (χ1v) is 8.65. The SMILES string of the molecule is N#Cc1cccc(S(=O)(=O)Nc2ccnn2C2CCCC2)c1. The van der Waals surface area contributed by atoms with Crippen LogP contribution in [0.5, 0.6) is 0 Å². The number of hydrogen-bond acceptors (Lipinski definition) is 4. The molecule has 1 aromatic heterocycles. The number of sulfonamides is 1. The van der Waals surface area contributed by atoms with Crippen LogP contribution in [-0.2, 0) is 10.0 Å². The Kier molecular flexibility index (Phi) is 3.86. The molecule has 3 rings (SSSR count). The van der Waals surface area contributed by atoms with Gasteiger partial charge >= 0.3 is 0 Å². The first-order valence-electron chi connectivity index (χ1n) is 7.17. The highest BCUT2D eigenvalue weighted by Gasteiger charge is 2.22. The summed E-state index contributed by atoms with van der Waals surface area (Å²) in [5.41, 5.74) is 0.312. The molecule has 0 spiro atoms. The van der Waals surface area contributed by atoms with Gasteiger partial charge in [0.25, 0.3) is 10.0 Å². The van der Waals surface area contributed by atoms with Crippen molar-refractivity contribution in [3.05, 3.63) is 42.1 Å². The van der Waals surface area contributed by atoms with E-state index in [1.54, 1.807) is 29.1 Å². The lowest BCUT2D eigenvalue weighted by molar-refractivity contribution is 0.473. The molecule has 1 saturated carbocycles. The van der Waals surface area contributed by atoms with Crippen molar-refractivity contribution >= 4 is 15.8 Å². The number of rotatable bonds is 4. The summed E-state index contributed by atoms with van der Waals surface area (Å²) >= 11 is 0. The average Bonchev–Trinajstić information content (AvgIpc) is 3.17. The van der Waals surface area contributed by atoms with Gasteiger partial charge in [-0.15, -0.1) is 0 Å². The molecule has 1 aromatic carbocycles. The topological polar surface area (TPSA) is 87.8 Å². The van der Waals surface area contributed by atoms with Crippen LogP contribution >= 0.6 is 0 Å². The quantitative estimate of drug-likeness (QED) is 0.939. The summed E-state index contributed by atoms with van der Waals surface area (Å²) in [7, 11) is -3.73. The van der Waals surface area contributed by atoms with Crippen molar-refractivity contribution in [1.29, 1.82) is 5.26 Å². The van der Waals surface area contributed by atoms with Crippen molar-refractivity contribution in [3.63, 3.8) is 0 Å². The van der Waals surface area contributed by atoms with E-state index in [0.29, 0.717) is 11.4 Å². The molecule has 0 radical (unpaired) electrons. The minimum Gasteiger partial charge on any atom is -0.264 e. The van der Waals surface area contributed by atoms with Gasteiger partial charge in [0, 0.05) is 6.07 Å². The molecule has 1 aliphatic carbocycles. The van der Waals surface area contributed by atoms with E-state index in [2.05, 4.69) is 9.82 Å². The minimum absolute atomic E-state index is 0.0747. The van der Waals surface area contributed by atoms with Crippen LogP contribution in [0.2, 0.25) is 0 Å². The Morgan fingerprint density at radius 1 is 1.27 bits per heavy atom. The fraction of sp³-hybridized carbons (Fsp3) is 0.333. The van der Waals surface area contributed by atoms with Gasteiger partial charge in [0.15, 0.2) is 0 Å². The maximum Gasteiger partial charge on any atom is 0.263 e. The molecular weight excluding hydrogens is 300 g/mol. The van der Waals surface area contributed by atoms with E-state index in [1.165, 1.54) is 12.1 Å². The molecule has 0 saturated heterocycles. The second-order valence-electron chi connectivity index (χ2n) is 5.34. The van der Waals surface area contributed by atoms with Crippen LogP contribution in [0.3, 0.4) is 0 Å². The second-order valence-corrected chi connectivity index (χ2v) is 7.03. The lowest BCUT2D eigenvalue weighted by Crippen LogP contribution is -2.18.